The number of unbranched alkanes of at least 4 members (excludes halogenated alkanes) is 3. The molecule has 1 aromatic carbocycles. The van der Waals surface area contributed by atoms with Crippen molar-refractivity contribution in [1.82, 2.24) is 5.32 Å². The van der Waals surface area contributed by atoms with E-state index < -0.39 is 0 Å². The van der Waals surface area contributed by atoms with Crippen molar-refractivity contribution in [3.8, 4) is 0 Å². The van der Waals surface area contributed by atoms with E-state index in [1.54, 1.807) is 0 Å². The highest BCUT2D eigenvalue weighted by Gasteiger charge is 1.96. The van der Waals surface area contributed by atoms with Crippen LogP contribution in [0.3, 0.4) is 0 Å². The molecule has 0 aliphatic heterocycles. The van der Waals surface area contributed by atoms with Crippen LogP contribution in [0.25, 0.3) is 5.57 Å². The molecule has 0 bridgehead atoms. The zero-order valence-electron chi connectivity index (χ0n) is 10.5. The van der Waals surface area contributed by atoms with Crippen LogP contribution in [-0.4, -0.2) is 24.8 Å². The van der Waals surface area contributed by atoms with Crippen molar-refractivity contribution >= 4 is 5.57 Å². The van der Waals surface area contributed by atoms with E-state index in [9.17, 15) is 0 Å². The van der Waals surface area contributed by atoms with Gasteiger partial charge in [0.15, 0.2) is 0 Å². The summed E-state index contributed by atoms with van der Waals surface area (Å²) >= 11 is 0. The Morgan fingerprint density at radius 1 is 1.06 bits per heavy atom. The second-order valence-corrected chi connectivity index (χ2v) is 4.28. The molecule has 0 saturated heterocycles. The largest absolute Gasteiger partial charge is 0.396 e. The summed E-state index contributed by atoms with van der Waals surface area (Å²) in [6.07, 6.45) is 4.40. The highest BCUT2D eigenvalue weighted by molar-refractivity contribution is 5.64. The first-order valence-electron chi connectivity index (χ1n) is 6.39. The SMILES string of the molecule is C=C(CNCCCCCCO)c1ccccc1. The zero-order chi connectivity index (χ0) is 12.3. The van der Waals surface area contributed by atoms with Crippen LogP contribution in [0.4, 0.5) is 0 Å². The van der Waals surface area contributed by atoms with E-state index in [1.165, 1.54) is 18.4 Å². The van der Waals surface area contributed by atoms with Gasteiger partial charge in [-0.25, -0.2) is 0 Å². The van der Waals surface area contributed by atoms with Gasteiger partial charge in [-0.1, -0.05) is 49.8 Å². The minimum absolute atomic E-state index is 0.318. The molecule has 0 heterocycles. The molecule has 2 N–H and O–H groups in total. The van der Waals surface area contributed by atoms with Gasteiger partial charge in [0.2, 0.25) is 0 Å². The molecule has 0 amide bonds. The third-order valence-corrected chi connectivity index (χ3v) is 2.78. The van der Waals surface area contributed by atoms with Gasteiger partial charge in [-0.3, -0.25) is 0 Å². The Labute approximate surface area is 104 Å². The molecule has 17 heavy (non-hydrogen) atoms. The summed E-state index contributed by atoms with van der Waals surface area (Å²) in [4.78, 5) is 0. The fourth-order valence-electron chi connectivity index (χ4n) is 1.73. The van der Waals surface area contributed by atoms with Crippen molar-refractivity contribution in [2.24, 2.45) is 0 Å². The Balaban J connectivity index is 2.05. The smallest absolute Gasteiger partial charge is 0.0431 e. The van der Waals surface area contributed by atoms with Crippen LogP contribution in [0, 0.1) is 0 Å². The first-order valence-corrected chi connectivity index (χ1v) is 6.39. The minimum atomic E-state index is 0.318. The van der Waals surface area contributed by atoms with Crippen molar-refractivity contribution in [3.05, 3.63) is 42.5 Å². The molecule has 94 valence electrons. The molecule has 0 aromatic heterocycles. The standard InChI is InChI=1S/C15H23NO/c1-14(15-9-5-4-6-10-15)13-16-11-7-2-3-8-12-17/h4-6,9-10,16-17H,1-3,7-8,11-13H2. The lowest BCUT2D eigenvalue weighted by Gasteiger charge is -2.07. The molecule has 0 aliphatic carbocycles. The molecule has 0 spiro atoms. The summed E-state index contributed by atoms with van der Waals surface area (Å²) in [5, 5.41) is 12.0. The Morgan fingerprint density at radius 3 is 2.47 bits per heavy atom. The van der Waals surface area contributed by atoms with Gasteiger partial charge >= 0.3 is 0 Å². The van der Waals surface area contributed by atoms with Crippen LogP contribution in [0.5, 0.6) is 0 Å². The maximum atomic E-state index is 8.64. The van der Waals surface area contributed by atoms with Crippen molar-refractivity contribution < 1.29 is 5.11 Å². The van der Waals surface area contributed by atoms with Crippen LogP contribution in [0.1, 0.15) is 31.2 Å². The number of aliphatic hydroxyl groups excluding tert-OH is 1. The summed E-state index contributed by atoms with van der Waals surface area (Å²) in [5.41, 5.74) is 2.35. The van der Waals surface area contributed by atoms with Crippen molar-refractivity contribution in [2.75, 3.05) is 19.7 Å². The van der Waals surface area contributed by atoms with Crippen molar-refractivity contribution in [3.63, 3.8) is 0 Å². The highest BCUT2D eigenvalue weighted by atomic mass is 16.2. The number of rotatable bonds is 9. The van der Waals surface area contributed by atoms with Gasteiger partial charge in [-0.05, 0) is 30.5 Å². The predicted molar refractivity (Wildman–Crippen MR) is 73.9 cm³/mol. The molecule has 2 nitrogen and oxygen atoms in total. The molecule has 0 atom stereocenters. The van der Waals surface area contributed by atoms with Gasteiger partial charge in [0.1, 0.15) is 0 Å². The third-order valence-electron chi connectivity index (χ3n) is 2.78. The summed E-state index contributed by atoms with van der Waals surface area (Å²) in [6.45, 7) is 6.27. The molecule has 2 heteroatoms. The van der Waals surface area contributed by atoms with Gasteiger partial charge in [0, 0.05) is 13.2 Å². The normalized spacial score (nSPS) is 10.4. The second-order valence-electron chi connectivity index (χ2n) is 4.28. The molecular weight excluding hydrogens is 210 g/mol. The maximum absolute atomic E-state index is 8.64. The van der Waals surface area contributed by atoms with E-state index in [4.69, 9.17) is 5.11 Å². The van der Waals surface area contributed by atoms with Crippen molar-refractivity contribution in [1.29, 1.82) is 0 Å². The Hall–Kier alpha value is -1.12. The molecule has 0 unspecified atom stereocenters. The Morgan fingerprint density at radius 2 is 1.76 bits per heavy atom. The van der Waals surface area contributed by atoms with E-state index in [1.807, 2.05) is 18.2 Å². The summed E-state index contributed by atoms with van der Waals surface area (Å²) in [6, 6.07) is 10.3. The number of aliphatic hydroxyl groups is 1. The number of nitrogens with one attached hydrogen (secondary N) is 1. The topological polar surface area (TPSA) is 32.3 Å². The average molecular weight is 233 g/mol. The number of hydrogen-bond donors (Lipinski definition) is 2. The molecule has 0 aliphatic rings. The lowest BCUT2D eigenvalue weighted by atomic mass is 10.1. The van der Waals surface area contributed by atoms with Gasteiger partial charge < -0.3 is 10.4 Å². The zero-order valence-corrected chi connectivity index (χ0v) is 10.5. The van der Waals surface area contributed by atoms with Crippen LogP contribution >= 0.6 is 0 Å². The van der Waals surface area contributed by atoms with Crippen LogP contribution in [0.2, 0.25) is 0 Å². The Bertz CT molecular complexity index is 308. The van der Waals surface area contributed by atoms with E-state index in [-0.39, 0.29) is 0 Å². The van der Waals surface area contributed by atoms with Crippen LogP contribution < -0.4 is 5.32 Å². The van der Waals surface area contributed by atoms with E-state index >= 15 is 0 Å². The molecule has 0 saturated carbocycles. The molecule has 1 rings (SSSR count). The van der Waals surface area contributed by atoms with E-state index in [0.717, 1.165) is 31.5 Å². The predicted octanol–water partition coefficient (Wildman–Crippen LogP) is 2.84. The monoisotopic (exact) mass is 233 g/mol. The van der Waals surface area contributed by atoms with E-state index in [2.05, 4.69) is 24.0 Å². The molecule has 1 aromatic rings. The second kappa shape index (κ2) is 8.97. The lowest BCUT2D eigenvalue weighted by molar-refractivity contribution is 0.282. The molecular formula is C15H23NO. The van der Waals surface area contributed by atoms with Gasteiger partial charge in [0.25, 0.3) is 0 Å². The van der Waals surface area contributed by atoms with Crippen LogP contribution in [0.15, 0.2) is 36.9 Å². The summed E-state index contributed by atoms with van der Waals surface area (Å²) in [5.74, 6) is 0. The summed E-state index contributed by atoms with van der Waals surface area (Å²) < 4.78 is 0. The van der Waals surface area contributed by atoms with Gasteiger partial charge in [0.05, 0.1) is 0 Å². The van der Waals surface area contributed by atoms with Gasteiger partial charge in [-0.2, -0.15) is 0 Å². The van der Waals surface area contributed by atoms with E-state index in [0.29, 0.717) is 6.61 Å². The Kier molecular flexibility index (Phi) is 7.35. The maximum Gasteiger partial charge on any atom is 0.0431 e. The van der Waals surface area contributed by atoms with Gasteiger partial charge in [-0.15, -0.1) is 0 Å². The first-order chi connectivity index (χ1) is 8.34. The quantitative estimate of drug-likeness (QED) is 0.643. The fraction of sp³-hybridized carbons (Fsp3) is 0.467. The number of benzene rings is 1. The molecule has 0 fully saturated rings. The first kappa shape index (κ1) is 13.9. The summed E-state index contributed by atoms with van der Waals surface area (Å²) in [7, 11) is 0. The average Bonchev–Trinajstić information content (AvgIpc) is 2.38. The minimum Gasteiger partial charge on any atom is -0.396 e. The lowest BCUT2D eigenvalue weighted by Crippen LogP contribution is -2.17. The van der Waals surface area contributed by atoms with Crippen LogP contribution in [-0.2, 0) is 0 Å². The number of hydrogen-bond acceptors (Lipinski definition) is 2. The molecule has 0 radical (unpaired) electrons. The fourth-order valence-corrected chi connectivity index (χ4v) is 1.73. The van der Waals surface area contributed by atoms with Crippen molar-refractivity contribution in [2.45, 2.75) is 25.7 Å². The third kappa shape index (κ3) is 6.25. The highest BCUT2D eigenvalue weighted by Crippen LogP contribution is 2.09.